The number of hydrogen-bond donors (Lipinski definition) is 4. The zero-order valence-corrected chi connectivity index (χ0v) is 30.9. The van der Waals surface area contributed by atoms with Crippen LogP contribution in [0.5, 0.6) is 0 Å². The molecule has 6 N–H and O–H groups in total. The minimum Gasteiger partial charge on any atom is -0.398 e. The van der Waals surface area contributed by atoms with Gasteiger partial charge in [0, 0.05) is 60.1 Å². The number of para-hydroxylation sites is 1. The van der Waals surface area contributed by atoms with E-state index in [1.165, 1.54) is 48.1 Å². The summed E-state index contributed by atoms with van der Waals surface area (Å²) in [6.45, 7) is 16.5. The third kappa shape index (κ3) is 7.99. The van der Waals surface area contributed by atoms with Gasteiger partial charge in [0.05, 0.1) is 11.4 Å². The Bertz CT molecular complexity index is 2190. The first-order valence-corrected chi connectivity index (χ1v) is 18.2. The molecule has 0 atom stereocenters. The van der Waals surface area contributed by atoms with Crippen LogP contribution in [0.25, 0.3) is 27.8 Å². The monoisotopic (exact) mass is 678 g/mol. The molecule has 1 aromatic heterocycles. The standard InChI is InChI=1S/C44H51N7/c1-28-23-40(30(3)22-35(28)45)49-38-19-18-37(32(5)33(38)6)47-20-14-9-7-8-10-15-21-48-39-27-44-42(25-31(39)4)50-41-24-29(2)36(46)26-43(41)51(44)34-16-12-11-13-17-34/h11-13,16-19,22-27,47H,3,7-10,14-15,20-21,45H2,1-2,4-6H3,(H2,46,48)/p+1. The molecule has 0 fully saturated rings. The molecule has 1 aliphatic carbocycles. The average Bonchev–Trinajstić information content (AvgIpc) is 3.11. The molecule has 0 bridgehead atoms. The van der Waals surface area contributed by atoms with Gasteiger partial charge in [0.1, 0.15) is 11.0 Å². The van der Waals surface area contributed by atoms with Crippen molar-refractivity contribution in [1.82, 2.24) is 4.98 Å². The lowest BCUT2D eigenvalue weighted by Gasteiger charge is -2.16. The molecular formula is C44H52N7+. The number of aryl methyl sites for hydroxylation is 2. The summed E-state index contributed by atoms with van der Waals surface area (Å²) in [5.74, 6) is 0. The predicted molar refractivity (Wildman–Crippen MR) is 218 cm³/mol. The second-order valence-electron chi connectivity index (χ2n) is 13.9. The summed E-state index contributed by atoms with van der Waals surface area (Å²) in [5.41, 5.74) is 29.7. The number of rotatable bonds is 13. The zero-order valence-electron chi connectivity index (χ0n) is 30.9. The van der Waals surface area contributed by atoms with Crippen LogP contribution in [0.4, 0.5) is 22.7 Å². The highest BCUT2D eigenvalue weighted by molar-refractivity contribution is 6.13. The van der Waals surface area contributed by atoms with Crippen LogP contribution in [0.1, 0.15) is 67.7 Å². The summed E-state index contributed by atoms with van der Waals surface area (Å²) in [5, 5.41) is 7.38. The molecule has 0 radical (unpaired) electrons. The van der Waals surface area contributed by atoms with Gasteiger partial charge in [-0.3, -0.25) is 0 Å². The van der Waals surface area contributed by atoms with Gasteiger partial charge in [-0.25, -0.2) is 9.98 Å². The van der Waals surface area contributed by atoms with Crippen molar-refractivity contribution in [2.45, 2.75) is 73.1 Å². The Morgan fingerprint density at radius 3 is 2.02 bits per heavy atom. The van der Waals surface area contributed by atoms with Crippen LogP contribution < -0.4 is 26.7 Å². The molecule has 7 heteroatoms. The van der Waals surface area contributed by atoms with Crippen molar-refractivity contribution in [3.63, 3.8) is 0 Å². The SMILES string of the molecule is C=C1C=C(N)C(C)=CC1=Nc1ccc(NCCCCCCCCNc2cc3c(cc2C)nc2cc(C)c(N)cc2[n+]3-c2ccccc2)c(C)c1C. The fourth-order valence-electron chi connectivity index (χ4n) is 6.73. The lowest BCUT2D eigenvalue weighted by Crippen LogP contribution is -2.33. The lowest BCUT2D eigenvalue weighted by atomic mass is 9.99. The van der Waals surface area contributed by atoms with E-state index in [-0.39, 0.29) is 0 Å². The number of nitrogens with one attached hydrogen (secondary N) is 2. The topological polar surface area (TPSA) is 105 Å². The molecule has 1 heterocycles. The second kappa shape index (κ2) is 15.6. The molecule has 0 aliphatic heterocycles. The largest absolute Gasteiger partial charge is 0.398 e. The van der Waals surface area contributed by atoms with Crippen LogP contribution in [0.15, 0.2) is 107 Å². The maximum absolute atomic E-state index is 6.38. The maximum atomic E-state index is 6.38. The number of aliphatic imine (C=N–C) groups is 1. The number of anilines is 3. The maximum Gasteiger partial charge on any atom is 0.239 e. The van der Waals surface area contributed by atoms with Crippen LogP contribution in [0.3, 0.4) is 0 Å². The molecule has 1 aliphatic rings. The van der Waals surface area contributed by atoms with Crippen molar-refractivity contribution >= 4 is 50.5 Å². The first kappa shape index (κ1) is 35.4. The third-order valence-electron chi connectivity index (χ3n) is 10.1. The summed E-state index contributed by atoms with van der Waals surface area (Å²) in [7, 11) is 0. The number of nitrogens with two attached hydrogens (primary N) is 2. The van der Waals surface area contributed by atoms with Crippen molar-refractivity contribution in [2.75, 3.05) is 29.5 Å². The fraction of sp³-hybridized carbons (Fsp3) is 0.295. The van der Waals surface area contributed by atoms with E-state index in [2.05, 4.69) is 97.1 Å². The molecule has 7 nitrogen and oxygen atoms in total. The van der Waals surface area contributed by atoms with Gasteiger partial charge in [-0.05, 0) is 117 Å². The molecular weight excluding hydrogens is 627 g/mol. The lowest BCUT2D eigenvalue weighted by molar-refractivity contribution is -0.538. The molecule has 0 unspecified atom stereocenters. The van der Waals surface area contributed by atoms with Gasteiger partial charge >= 0.3 is 0 Å². The number of nitrogen functional groups attached to an aromatic ring is 1. The Morgan fingerprint density at radius 1 is 0.686 bits per heavy atom. The molecule has 51 heavy (non-hydrogen) atoms. The van der Waals surface area contributed by atoms with E-state index in [1.807, 2.05) is 38.1 Å². The molecule has 0 saturated heterocycles. The Morgan fingerprint density at radius 2 is 1.31 bits per heavy atom. The van der Waals surface area contributed by atoms with E-state index in [1.54, 1.807) is 0 Å². The van der Waals surface area contributed by atoms with E-state index in [0.717, 1.165) is 98.9 Å². The second-order valence-corrected chi connectivity index (χ2v) is 13.9. The molecule has 4 aromatic carbocycles. The summed E-state index contributed by atoms with van der Waals surface area (Å²) in [6.07, 6.45) is 11.1. The highest BCUT2D eigenvalue weighted by atomic mass is 15.0. The van der Waals surface area contributed by atoms with Gasteiger partial charge in [0.2, 0.25) is 16.7 Å². The van der Waals surface area contributed by atoms with E-state index in [0.29, 0.717) is 0 Å². The van der Waals surface area contributed by atoms with Gasteiger partial charge in [-0.1, -0.05) is 50.5 Å². The number of allylic oxidation sites excluding steroid dienone is 4. The van der Waals surface area contributed by atoms with Crippen molar-refractivity contribution in [1.29, 1.82) is 0 Å². The van der Waals surface area contributed by atoms with Crippen molar-refractivity contribution in [2.24, 2.45) is 10.7 Å². The van der Waals surface area contributed by atoms with Crippen molar-refractivity contribution < 1.29 is 4.57 Å². The van der Waals surface area contributed by atoms with Gasteiger partial charge in [0.25, 0.3) is 0 Å². The van der Waals surface area contributed by atoms with E-state index < -0.39 is 0 Å². The van der Waals surface area contributed by atoms with E-state index in [4.69, 9.17) is 21.4 Å². The first-order valence-electron chi connectivity index (χ1n) is 18.2. The van der Waals surface area contributed by atoms with Gasteiger partial charge < -0.3 is 22.1 Å². The third-order valence-corrected chi connectivity index (χ3v) is 10.1. The average molecular weight is 679 g/mol. The molecule has 262 valence electrons. The minimum absolute atomic E-state index is 0.752. The quantitative estimate of drug-likeness (QED) is 0.0430. The van der Waals surface area contributed by atoms with Gasteiger partial charge in [-0.15, -0.1) is 4.57 Å². The van der Waals surface area contributed by atoms with Crippen LogP contribution >= 0.6 is 0 Å². The van der Waals surface area contributed by atoms with Crippen molar-refractivity contribution in [3.8, 4) is 5.69 Å². The fourth-order valence-corrected chi connectivity index (χ4v) is 6.73. The number of benzene rings is 4. The summed E-state index contributed by atoms with van der Waals surface area (Å²) in [4.78, 5) is 9.95. The van der Waals surface area contributed by atoms with Gasteiger partial charge in [0.15, 0.2) is 0 Å². The highest BCUT2D eigenvalue weighted by Crippen LogP contribution is 2.30. The summed E-state index contributed by atoms with van der Waals surface area (Å²) < 4.78 is 2.28. The Labute approximate surface area is 302 Å². The number of hydrogen-bond acceptors (Lipinski definition) is 6. The van der Waals surface area contributed by atoms with Crippen LogP contribution in [0, 0.1) is 27.7 Å². The Kier molecular flexibility index (Phi) is 10.8. The minimum atomic E-state index is 0.752. The summed E-state index contributed by atoms with van der Waals surface area (Å²) >= 11 is 0. The Balaban J connectivity index is 0.977. The molecule has 5 aromatic rings. The zero-order chi connectivity index (χ0) is 36.1. The first-order chi connectivity index (χ1) is 24.6. The Hall–Kier alpha value is -5.43. The van der Waals surface area contributed by atoms with Crippen LogP contribution in [0.2, 0.25) is 0 Å². The smallest absolute Gasteiger partial charge is 0.239 e. The molecule has 6 rings (SSSR count). The molecule has 0 amide bonds. The predicted octanol–water partition coefficient (Wildman–Crippen LogP) is 9.78. The highest BCUT2D eigenvalue weighted by Gasteiger charge is 2.22. The normalized spacial score (nSPS) is 13.9. The number of unbranched alkanes of at least 4 members (excludes halogenated alkanes) is 5. The number of aromatic nitrogens is 2. The van der Waals surface area contributed by atoms with Crippen LogP contribution in [-0.4, -0.2) is 23.8 Å². The van der Waals surface area contributed by atoms with E-state index >= 15 is 0 Å². The van der Waals surface area contributed by atoms with E-state index in [9.17, 15) is 0 Å². The number of fused-ring (bicyclic) bond motifs is 2. The van der Waals surface area contributed by atoms with Gasteiger partial charge in [-0.2, -0.15) is 0 Å². The molecule has 0 saturated carbocycles. The summed E-state index contributed by atoms with van der Waals surface area (Å²) in [6, 6.07) is 23.3. The van der Waals surface area contributed by atoms with Crippen molar-refractivity contribution in [3.05, 3.63) is 125 Å². The number of nitrogens with zero attached hydrogens (tertiary/aromatic N) is 3. The van der Waals surface area contributed by atoms with Crippen LogP contribution in [-0.2, 0) is 0 Å². The molecule has 0 spiro atoms.